The molecule has 0 atom stereocenters. The summed E-state index contributed by atoms with van der Waals surface area (Å²) in [5.74, 6) is 0.685. The highest BCUT2D eigenvalue weighted by atomic mass is 16.3. The average Bonchev–Trinajstić information content (AvgIpc) is 3.07. The molecule has 1 saturated heterocycles. The molecule has 2 N–H and O–H groups in total. The minimum absolute atomic E-state index is 0.334. The highest BCUT2D eigenvalue weighted by Crippen LogP contribution is 2.34. The van der Waals surface area contributed by atoms with E-state index in [1.807, 2.05) is 19.1 Å². The number of allylic oxidation sites excluding steroid dienone is 5. The van der Waals surface area contributed by atoms with Crippen LogP contribution < -0.4 is 5.73 Å². The molecule has 3 aliphatic heterocycles. The second-order valence-electron chi connectivity index (χ2n) is 7.66. The maximum atomic E-state index is 6.05. The molecular weight excluding hydrogens is 348 g/mol. The number of hydrogen-bond acceptors (Lipinski definition) is 5. The average molecular weight is 372 g/mol. The summed E-state index contributed by atoms with van der Waals surface area (Å²) in [5.41, 5.74) is 13.3. The van der Waals surface area contributed by atoms with Crippen LogP contribution in [0.5, 0.6) is 0 Å². The van der Waals surface area contributed by atoms with Gasteiger partial charge < -0.3 is 20.0 Å². The van der Waals surface area contributed by atoms with Crippen molar-refractivity contribution in [1.82, 2.24) is 14.8 Å². The molecule has 5 nitrogen and oxygen atoms in total. The zero-order valence-electron chi connectivity index (χ0n) is 16.1. The van der Waals surface area contributed by atoms with Crippen molar-refractivity contribution in [3.8, 4) is 0 Å². The molecule has 142 valence electrons. The van der Waals surface area contributed by atoms with Gasteiger partial charge in [0, 0.05) is 43.6 Å². The van der Waals surface area contributed by atoms with Gasteiger partial charge in [0.25, 0.3) is 0 Å². The summed E-state index contributed by atoms with van der Waals surface area (Å²) in [4.78, 5) is 8.94. The number of piperidine rings is 1. The minimum Gasteiger partial charge on any atom is -0.441 e. The number of rotatable bonds is 2. The lowest BCUT2D eigenvalue weighted by Crippen LogP contribution is -2.39. The topological polar surface area (TPSA) is 58.5 Å². The SMILES string of the molecule is C=C1C=C(c2ccc3nc(C)oc3c2)C=C2C=CC(N3CCC(N)CC3)=CN12. The highest BCUT2D eigenvalue weighted by molar-refractivity contribution is 5.85. The summed E-state index contributed by atoms with van der Waals surface area (Å²) >= 11 is 0. The Morgan fingerprint density at radius 1 is 1.14 bits per heavy atom. The van der Waals surface area contributed by atoms with Gasteiger partial charge in [-0.3, -0.25) is 0 Å². The van der Waals surface area contributed by atoms with Crippen LogP contribution in [0.4, 0.5) is 0 Å². The Hall–Kier alpha value is -3.05. The normalized spacial score (nSPS) is 20.2. The van der Waals surface area contributed by atoms with E-state index in [-0.39, 0.29) is 0 Å². The van der Waals surface area contributed by atoms with Crippen LogP contribution in [0.25, 0.3) is 16.7 Å². The molecule has 0 saturated carbocycles. The summed E-state index contributed by atoms with van der Waals surface area (Å²) in [5, 5.41) is 0. The fourth-order valence-corrected chi connectivity index (χ4v) is 4.05. The van der Waals surface area contributed by atoms with Crippen molar-refractivity contribution in [3.05, 3.63) is 83.8 Å². The molecule has 1 fully saturated rings. The van der Waals surface area contributed by atoms with Crippen LogP contribution in [0.1, 0.15) is 24.3 Å². The lowest BCUT2D eigenvalue weighted by atomic mass is 9.98. The van der Waals surface area contributed by atoms with Gasteiger partial charge in [0.1, 0.15) is 5.52 Å². The summed E-state index contributed by atoms with van der Waals surface area (Å²) in [6.45, 7) is 8.17. The molecule has 0 aliphatic carbocycles. The number of hydrogen-bond donors (Lipinski definition) is 1. The fourth-order valence-electron chi connectivity index (χ4n) is 4.05. The molecule has 1 aromatic heterocycles. The Balaban J connectivity index is 1.42. The minimum atomic E-state index is 0.334. The van der Waals surface area contributed by atoms with E-state index in [4.69, 9.17) is 10.2 Å². The van der Waals surface area contributed by atoms with Gasteiger partial charge >= 0.3 is 0 Å². The van der Waals surface area contributed by atoms with Crippen molar-refractivity contribution in [3.63, 3.8) is 0 Å². The van der Waals surface area contributed by atoms with E-state index in [0.717, 1.165) is 59.6 Å². The van der Waals surface area contributed by atoms with Crippen LogP contribution in [-0.2, 0) is 0 Å². The van der Waals surface area contributed by atoms with Gasteiger partial charge in [0.15, 0.2) is 11.5 Å². The van der Waals surface area contributed by atoms with Gasteiger partial charge in [0.05, 0.1) is 5.70 Å². The molecule has 2 aromatic rings. The summed E-state index contributed by atoms with van der Waals surface area (Å²) in [6.07, 6.45) is 12.9. The monoisotopic (exact) mass is 372 g/mol. The smallest absolute Gasteiger partial charge is 0.192 e. The number of aryl methyl sites for hydroxylation is 1. The standard InChI is InChI=1S/C23H24N4O/c1-15-11-18(17-3-6-22-23(13-17)28-16(2)25-22)12-20-4-5-21(14-27(15)20)26-9-7-19(24)8-10-26/h3-6,11-14,19H,1,7-10,24H2,2H3. The molecule has 1 aromatic carbocycles. The zero-order valence-corrected chi connectivity index (χ0v) is 16.1. The molecule has 3 aliphatic rings. The number of oxazole rings is 1. The van der Waals surface area contributed by atoms with E-state index in [0.29, 0.717) is 11.9 Å². The fraction of sp³-hybridized carbons (Fsp3) is 0.261. The van der Waals surface area contributed by atoms with Crippen molar-refractivity contribution < 1.29 is 4.42 Å². The molecule has 0 amide bonds. The van der Waals surface area contributed by atoms with Crippen molar-refractivity contribution in [2.45, 2.75) is 25.8 Å². The van der Waals surface area contributed by atoms with Crippen molar-refractivity contribution in [1.29, 1.82) is 0 Å². The Bertz CT molecular complexity index is 1080. The molecule has 0 radical (unpaired) electrons. The van der Waals surface area contributed by atoms with Crippen LogP contribution in [0.3, 0.4) is 0 Å². The van der Waals surface area contributed by atoms with Crippen molar-refractivity contribution in [2.75, 3.05) is 13.1 Å². The Kier molecular flexibility index (Phi) is 3.98. The maximum Gasteiger partial charge on any atom is 0.192 e. The number of nitrogens with two attached hydrogens (primary N) is 1. The third-order valence-corrected chi connectivity index (χ3v) is 5.63. The van der Waals surface area contributed by atoms with Crippen LogP contribution in [0.2, 0.25) is 0 Å². The van der Waals surface area contributed by atoms with Gasteiger partial charge in [-0.25, -0.2) is 4.98 Å². The Labute approximate surface area is 164 Å². The van der Waals surface area contributed by atoms with Gasteiger partial charge in [-0.2, -0.15) is 0 Å². The number of aromatic nitrogens is 1. The van der Waals surface area contributed by atoms with E-state index in [1.54, 1.807) is 0 Å². The van der Waals surface area contributed by atoms with Gasteiger partial charge in [-0.15, -0.1) is 0 Å². The largest absolute Gasteiger partial charge is 0.441 e. The van der Waals surface area contributed by atoms with E-state index in [1.165, 1.54) is 5.70 Å². The van der Waals surface area contributed by atoms with Crippen LogP contribution in [0, 0.1) is 6.92 Å². The summed E-state index contributed by atoms with van der Waals surface area (Å²) in [6, 6.07) is 6.47. The quantitative estimate of drug-likeness (QED) is 0.861. The predicted molar refractivity (Wildman–Crippen MR) is 112 cm³/mol. The van der Waals surface area contributed by atoms with E-state index < -0.39 is 0 Å². The van der Waals surface area contributed by atoms with E-state index >= 15 is 0 Å². The van der Waals surface area contributed by atoms with Gasteiger partial charge in [0.2, 0.25) is 0 Å². The third kappa shape index (κ3) is 2.98. The first kappa shape index (κ1) is 17.1. The molecule has 4 heterocycles. The van der Waals surface area contributed by atoms with E-state index in [9.17, 15) is 0 Å². The first-order valence-electron chi connectivity index (χ1n) is 9.76. The summed E-state index contributed by atoms with van der Waals surface area (Å²) < 4.78 is 5.69. The lowest BCUT2D eigenvalue weighted by Gasteiger charge is -2.37. The molecule has 0 unspecified atom stereocenters. The van der Waals surface area contributed by atoms with Crippen molar-refractivity contribution in [2.24, 2.45) is 5.73 Å². The first-order chi connectivity index (χ1) is 13.6. The number of benzene rings is 1. The zero-order chi connectivity index (χ0) is 19.3. The van der Waals surface area contributed by atoms with Crippen molar-refractivity contribution >= 4 is 16.7 Å². The number of fused-ring (bicyclic) bond motifs is 2. The number of likely N-dealkylation sites (tertiary alicyclic amines) is 1. The molecule has 5 heteroatoms. The second kappa shape index (κ2) is 6.53. The molecule has 0 bridgehead atoms. The Morgan fingerprint density at radius 2 is 1.93 bits per heavy atom. The second-order valence-corrected chi connectivity index (χ2v) is 7.66. The third-order valence-electron chi connectivity index (χ3n) is 5.63. The molecular formula is C23H24N4O. The summed E-state index contributed by atoms with van der Waals surface area (Å²) in [7, 11) is 0. The van der Waals surface area contributed by atoms with Crippen LogP contribution in [-0.4, -0.2) is 33.9 Å². The first-order valence-corrected chi connectivity index (χ1v) is 9.76. The van der Waals surface area contributed by atoms with Gasteiger partial charge in [-0.1, -0.05) is 12.6 Å². The number of nitrogens with zero attached hydrogens (tertiary/aromatic N) is 3. The van der Waals surface area contributed by atoms with E-state index in [2.05, 4.69) is 57.9 Å². The van der Waals surface area contributed by atoms with Crippen LogP contribution >= 0.6 is 0 Å². The van der Waals surface area contributed by atoms with Gasteiger partial charge in [-0.05, 0) is 60.4 Å². The molecule has 5 rings (SSSR count). The maximum absolute atomic E-state index is 6.05. The lowest BCUT2D eigenvalue weighted by molar-refractivity contribution is 0.266. The Morgan fingerprint density at radius 3 is 2.75 bits per heavy atom. The molecule has 28 heavy (non-hydrogen) atoms. The molecule has 0 spiro atoms. The highest BCUT2D eigenvalue weighted by Gasteiger charge is 2.23. The van der Waals surface area contributed by atoms with Crippen LogP contribution in [0.15, 0.2) is 76.8 Å². The predicted octanol–water partition coefficient (Wildman–Crippen LogP) is 4.07.